The van der Waals surface area contributed by atoms with Crippen LogP contribution in [0.1, 0.15) is 67.6 Å². The molecule has 1 fully saturated rings. The van der Waals surface area contributed by atoms with Crippen LogP contribution in [0, 0.1) is 0 Å². The predicted molar refractivity (Wildman–Crippen MR) is 221 cm³/mol. The van der Waals surface area contributed by atoms with Gasteiger partial charge in [0.05, 0.1) is 23.8 Å². The first-order chi connectivity index (χ1) is 26.8. The summed E-state index contributed by atoms with van der Waals surface area (Å²) in [5.74, 6) is 0.614. The van der Waals surface area contributed by atoms with E-state index in [0.29, 0.717) is 52.6 Å². The summed E-state index contributed by atoms with van der Waals surface area (Å²) in [5.41, 5.74) is 4.95. The van der Waals surface area contributed by atoms with Crippen molar-refractivity contribution in [2.75, 3.05) is 35.7 Å². The zero-order chi connectivity index (χ0) is 39.7. The zero-order valence-corrected chi connectivity index (χ0v) is 32.1. The number of unbranched alkanes of at least 4 members (excludes halogenated alkanes) is 1. The van der Waals surface area contributed by atoms with Crippen LogP contribution in [0.25, 0.3) is 22.5 Å². The number of aliphatic hydroxyl groups is 1. The first-order valence-electron chi connectivity index (χ1n) is 18.8. The van der Waals surface area contributed by atoms with Crippen LogP contribution in [0.3, 0.4) is 0 Å². The lowest BCUT2D eigenvalue weighted by atomic mass is 9.89. The van der Waals surface area contributed by atoms with E-state index >= 15 is 0 Å². The van der Waals surface area contributed by atoms with E-state index in [0.717, 1.165) is 60.6 Å². The van der Waals surface area contributed by atoms with E-state index in [1.54, 1.807) is 47.7 Å². The van der Waals surface area contributed by atoms with Crippen molar-refractivity contribution in [3.05, 3.63) is 125 Å². The highest BCUT2D eigenvalue weighted by Crippen LogP contribution is 2.38. The molecule has 1 atom stereocenters. The van der Waals surface area contributed by atoms with Gasteiger partial charge in [0.25, 0.3) is 11.5 Å². The lowest BCUT2D eigenvalue weighted by Gasteiger charge is -2.31. The Bertz CT molecular complexity index is 2420. The van der Waals surface area contributed by atoms with E-state index in [-0.39, 0.29) is 23.8 Å². The molecular formula is C43H47N9O4. The number of carbonyl (C=O) groups excluding carboxylic acids is 2. The number of amides is 1. The Kier molecular flexibility index (Phi) is 10.5. The van der Waals surface area contributed by atoms with Gasteiger partial charge in [-0.1, -0.05) is 36.9 Å². The molecule has 0 radical (unpaired) electrons. The molecular weight excluding hydrogens is 707 g/mol. The molecule has 2 aromatic carbocycles. The minimum Gasteiger partial charge on any atom is -0.385 e. The van der Waals surface area contributed by atoms with Crippen LogP contribution in [-0.2, 0) is 16.9 Å². The highest BCUT2D eigenvalue weighted by Gasteiger charge is 2.40. The highest BCUT2D eigenvalue weighted by molar-refractivity contribution is 6.12. The standard InChI is InChI=1S/C43H47N9O4/c1-7-22-50-40(54)34-26-45-42(48-39(34)52(50)38-12-10-11-37(47-38)43(4,5)56)46-29-14-17-31(18-15-29)49(6)23-9-8-21-44-30-16-19-32-28(3)51(41(55)33(32)25-30)35-20-13-27(2)24-36(35)53/h7,10-12,14-19,25-26,35,44,56H,1-3,8-9,13,20-24H2,4-6H3,(H,45,46,48). The van der Waals surface area contributed by atoms with Crippen molar-refractivity contribution in [2.24, 2.45) is 0 Å². The zero-order valence-electron chi connectivity index (χ0n) is 32.1. The lowest BCUT2D eigenvalue weighted by molar-refractivity contribution is -0.123. The number of carbonyl (C=O) groups is 2. The first kappa shape index (κ1) is 38.0. The van der Waals surface area contributed by atoms with Gasteiger partial charge in [0, 0.05) is 61.1 Å². The summed E-state index contributed by atoms with van der Waals surface area (Å²) in [6.07, 6.45) is 6.64. The maximum atomic E-state index is 13.4. The number of hydrogen-bond acceptors (Lipinski definition) is 10. The van der Waals surface area contributed by atoms with Gasteiger partial charge in [0.2, 0.25) is 5.95 Å². The maximum absolute atomic E-state index is 13.4. The molecule has 13 heteroatoms. The molecule has 0 spiro atoms. The van der Waals surface area contributed by atoms with Crippen molar-refractivity contribution in [3.63, 3.8) is 0 Å². The molecule has 288 valence electrons. The van der Waals surface area contributed by atoms with Crippen LogP contribution in [0.2, 0.25) is 0 Å². The number of allylic oxidation sites excluding steroid dienone is 2. The Morgan fingerprint density at radius 2 is 1.77 bits per heavy atom. The molecule has 3 aromatic heterocycles. The maximum Gasteiger partial charge on any atom is 0.278 e. The normalized spacial score (nSPS) is 15.7. The fourth-order valence-electron chi connectivity index (χ4n) is 7.28. The lowest BCUT2D eigenvalue weighted by Crippen LogP contribution is -2.42. The third-order valence-electron chi connectivity index (χ3n) is 10.3. The Balaban J connectivity index is 0.944. The highest BCUT2D eigenvalue weighted by atomic mass is 16.3. The van der Waals surface area contributed by atoms with E-state index in [2.05, 4.69) is 52.3 Å². The third-order valence-corrected chi connectivity index (χ3v) is 10.3. The monoisotopic (exact) mass is 753 g/mol. The number of benzene rings is 2. The van der Waals surface area contributed by atoms with E-state index in [9.17, 15) is 19.5 Å². The fraction of sp³-hybridized carbons (Fsp3) is 0.302. The topological polar surface area (TPSA) is 151 Å². The molecule has 1 aliphatic carbocycles. The Morgan fingerprint density at radius 3 is 2.50 bits per heavy atom. The Morgan fingerprint density at radius 1 is 1.00 bits per heavy atom. The molecule has 2 aliphatic rings. The number of Topliss-reactive ketones (excluding diaryl/α,β-unsaturated/α-hetero) is 1. The number of nitrogens with zero attached hydrogens (tertiary/aromatic N) is 7. The second-order valence-corrected chi connectivity index (χ2v) is 14.9. The smallest absolute Gasteiger partial charge is 0.278 e. The molecule has 1 amide bonds. The molecule has 5 aromatic rings. The molecule has 7 rings (SSSR count). The van der Waals surface area contributed by atoms with Gasteiger partial charge >= 0.3 is 0 Å². The van der Waals surface area contributed by atoms with Crippen LogP contribution in [0.5, 0.6) is 0 Å². The molecule has 0 bridgehead atoms. The number of rotatable bonds is 14. The Hall–Kier alpha value is -6.34. The molecule has 3 N–H and O–H groups in total. The number of aromatic nitrogens is 5. The third kappa shape index (κ3) is 7.50. The molecule has 0 saturated heterocycles. The van der Waals surface area contributed by atoms with Gasteiger partial charge in [0.1, 0.15) is 11.0 Å². The van der Waals surface area contributed by atoms with Crippen molar-refractivity contribution < 1.29 is 14.7 Å². The van der Waals surface area contributed by atoms with Crippen LogP contribution < -0.4 is 21.1 Å². The van der Waals surface area contributed by atoms with Gasteiger partial charge in [-0.2, -0.15) is 4.98 Å². The van der Waals surface area contributed by atoms with Crippen molar-refractivity contribution in [2.45, 2.75) is 64.1 Å². The van der Waals surface area contributed by atoms with Gasteiger partial charge in [-0.25, -0.2) is 19.3 Å². The number of nitrogens with one attached hydrogen (secondary N) is 2. The average molecular weight is 754 g/mol. The van der Waals surface area contributed by atoms with E-state index in [4.69, 9.17) is 4.98 Å². The molecule has 13 nitrogen and oxygen atoms in total. The van der Waals surface area contributed by atoms with Crippen LogP contribution >= 0.6 is 0 Å². The Labute approximate surface area is 325 Å². The van der Waals surface area contributed by atoms with Crippen LogP contribution in [-0.4, -0.2) is 72.2 Å². The SMILES string of the molecule is C=CCn1c(=O)c2cnc(Nc3ccc(N(C)CCCCNc4ccc5c(c4)C(=O)N(C4CCC(=C)CC4=O)C5=C)cc3)nc2n1-c1cccc(C(C)(C)O)n1. The van der Waals surface area contributed by atoms with Gasteiger partial charge in [-0.3, -0.25) is 19.3 Å². The summed E-state index contributed by atoms with van der Waals surface area (Å²) in [7, 11) is 2.05. The van der Waals surface area contributed by atoms with E-state index in [1.807, 2.05) is 42.5 Å². The summed E-state index contributed by atoms with van der Waals surface area (Å²) in [6, 6.07) is 18.5. The van der Waals surface area contributed by atoms with E-state index in [1.165, 1.54) is 10.9 Å². The quantitative estimate of drug-likeness (QED) is 0.0840. The molecule has 56 heavy (non-hydrogen) atoms. The predicted octanol–water partition coefficient (Wildman–Crippen LogP) is 6.57. The fourth-order valence-corrected chi connectivity index (χ4v) is 7.28. The minimum absolute atomic E-state index is 0.0260. The second kappa shape index (κ2) is 15.4. The van der Waals surface area contributed by atoms with Crippen molar-refractivity contribution in [1.29, 1.82) is 0 Å². The number of fused-ring (bicyclic) bond motifs is 2. The van der Waals surface area contributed by atoms with Crippen molar-refractivity contribution >= 4 is 51.4 Å². The molecule has 1 unspecified atom stereocenters. The number of ketones is 1. The summed E-state index contributed by atoms with van der Waals surface area (Å²) < 4.78 is 3.13. The van der Waals surface area contributed by atoms with Crippen LogP contribution in [0.4, 0.5) is 23.0 Å². The molecule has 1 saturated carbocycles. The van der Waals surface area contributed by atoms with Gasteiger partial charge in [-0.15, -0.1) is 6.58 Å². The average Bonchev–Trinajstić information content (AvgIpc) is 3.59. The first-order valence-corrected chi connectivity index (χ1v) is 18.8. The summed E-state index contributed by atoms with van der Waals surface area (Å²) in [6.45, 7) is 17.0. The minimum atomic E-state index is -1.18. The number of pyridine rings is 1. The van der Waals surface area contributed by atoms with Crippen molar-refractivity contribution in [1.82, 2.24) is 29.2 Å². The van der Waals surface area contributed by atoms with Gasteiger partial charge in [-0.05, 0) is 88.1 Å². The van der Waals surface area contributed by atoms with Gasteiger partial charge < -0.3 is 20.6 Å². The largest absolute Gasteiger partial charge is 0.385 e. The second-order valence-electron chi connectivity index (χ2n) is 14.9. The summed E-state index contributed by atoms with van der Waals surface area (Å²) >= 11 is 0. The summed E-state index contributed by atoms with van der Waals surface area (Å²) in [4.78, 5) is 57.0. The number of hydrogen-bond donors (Lipinski definition) is 3. The summed E-state index contributed by atoms with van der Waals surface area (Å²) in [5, 5.41) is 17.6. The van der Waals surface area contributed by atoms with Gasteiger partial charge in [0.15, 0.2) is 17.2 Å². The van der Waals surface area contributed by atoms with Crippen LogP contribution in [0.15, 0.2) is 103 Å². The van der Waals surface area contributed by atoms with Crippen molar-refractivity contribution in [3.8, 4) is 5.82 Å². The number of anilines is 4. The molecule has 4 heterocycles. The molecule has 1 aliphatic heterocycles. The van der Waals surface area contributed by atoms with E-state index < -0.39 is 11.6 Å².